The van der Waals surface area contributed by atoms with E-state index in [1.165, 1.54) is 11.1 Å². The number of phenolic OH excluding ortho intramolecular Hbond substituents is 1. The third kappa shape index (κ3) is 4.88. The highest BCUT2D eigenvalue weighted by atomic mass is 16.3. The standard InChI is InChI=1S/C37H36N2O2/c1-22-15-16-38-33-27(22)12-10-13-28(33)23-17-24(19-25(18-23)36(2,3)4)30-20-26(37(5,6)7)21-32-34(30)39-35(41-32)29-11-8-9-14-31(29)40/h8-21,40H,1-7H3. The summed E-state index contributed by atoms with van der Waals surface area (Å²) in [5, 5.41) is 11.7. The van der Waals surface area contributed by atoms with Crippen molar-refractivity contribution in [2.24, 2.45) is 0 Å². The van der Waals surface area contributed by atoms with E-state index in [2.05, 4.69) is 103 Å². The van der Waals surface area contributed by atoms with Crippen molar-refractivity contribution in [1.82, 2.24) is 9.97 Å². The van der Waals surface area contributed by atoms with Crippen LogP contribution < -0.4 is 0 Å². The summed E-state index contributed by atoms with van der Waals surface area (Å²) in [7, 11) is 0. The molecule has 0 aliphatic heterocycles. The molecule has 4 nitrogen and oxygen atoms in total. The van der Waals surface area contributed by atoms with Gasteiger partial charge in [0.05, 0.1) is 11.1 Å². The molecule has 0 bridgehead atoms. The van der Waals surface area contributed by atoms with Crippen LogP contribution in [0.1, 0.15) is 58.2 Å². The highest BCUT2D eigenvalue weighted by Crippen LogP contribution is 2.41. The number of nitrogens with zero attached hydrogens (tertiary/aromatic N) is 2. The number of fused-ring (bicyclic) bond motifs is 2. The molecule has 0 aliphatic rings. The molecule has 2 aromatic heterocycles. The molecule has 41 heavy (non-hydrogen) atoms. The van der Waals surface area contributed by atoms with Gasteiger partial charge in [0, 0.05) is 22.7 Å². The maximum Gasteiger partial charge on any atom is 0.231 e. The largest absolute Gasteiger partial charge is 0.507 e. The van der Waals surface area contributed by atoms with Crippen LogP contribution >= 0.6 is 0 Å². The molecule has 4 aromatic carbocycles. The molecule has 6 aromatic rings. The van der Waals surface area contributed by atoms with Crippen molar-refractivity contribution in [2.45, 2.75) is 59.3 Å². The predicted octanol–water partition coefficient (Wildman–Crippen LogP) is 9.99. The number of phenols is 1. The number of aryl methyl sites for hydroxylation is 1. The third-order valence-corrected chi connectivity index (χ3v) is 7.91. The lowest BCUT2D eigenvalue weighted by Gasteiger charge is -2.23. The van der Waals surface area contributed by atoms with Crippen LogP contribution in [0, 0.1) is 6.92 Å². The first kappa shape index (κ1) is 26.8. The minimum Gasteiger partial charge on any atom is -0.507 e. The van der Waals surface area contributed by atoms with Gasteiger partial charge in [0.15, 0.2) is 5.58 Å². The van der Waals surface area contributed by atoms with Crippen molar-refractivity contribution in [2.75, 3.05) is 0 Å². The Hall–Kier alpha value is -4.44. The maximum absolute atomic E-state index is 10.5. The second kappa shape index (κ2) is 9.59. The van der Waals surface area contributed by atoms with E-state index >= 15 is 0 Å². The molecular weight excluding hydrogens is 504 g/mol. The molecule has 0 atom stereocenters. The maximum atomic E-state index is 10.5. The molecule has 0 fully saturated rings. The van der Waals surface area contributed by atoms with Crippen molar-refractivity contribution in [3.8, 4) is 39.5 Å². The van der Waals surface area contributed by atoms with Gasteiger partial charge in [-0.1, -0.05) is 84.0 Å². The van der Waals surface area contributed by atoms with Crippen LogP contribution in [0.4, 0.5) is 0 Å². The number of hydrogen-bond acceptors (Lipinski definition) is 4. The van der Waals surface area contributed by atoms with E-state index in [0.29, 0.717) is 17.0 Å². The summed E-state index contributed by atoms with van der Waals surface area (Å²) in [4.78, 5) is 9.76. The Kier molecular flexibility index (Phi) is 6.26. The fourth-order valence-electron chi connectivity index (χ4n) is 5.37. The van der Waals surface area contributed by atoms with Gasteiger partial charge < -0.3 is 9.52 Å². The first-order chi connectivity index (χ1) is 19.4. The van der Waals surface area contributed by atoms with E-state index < -0.39 is 0 Å². The van der Waals surface area contributed by atoms with Crippen molar-refractivity contribution >= 4 is 22.0 Å². The average Bonchev–Trinajstić information content (AvgIpc) is 3.36. The fraction of sp³-hybridized carbons (Fsp3) is 0.243. The fourth-order valence-corrected chi connectivity index (χ4v) is 5.37. The van der Waals surface area contributed by atoms with Gasteiger partial charge in [-0.05, 0) is 82.0 Å². The Morgan fingerprint density at radius 3 is 2.02 bits per heavy atom. The predicted molar refractivity (Wildman–Crippen MR) is 169 cm³/mol. The second-order valence-corrected chi connectivity index (χ2v) is 13.0. The highest BCUT2D eigenvalue weighted by molar-refractivity contribution is 5.98. The molecule has 206 valence electrons. The van der Waals surface area contributed by atoms with Crippen LogP contribution in [-0.4, -0.2) is 15.1 Å². The van der Waals surface area contributed by atoms with Crippen molar-refractivity contribution in [3.05, 3.63) is 102 Å². The van der Waals surface area contributed by atoms with Crippen LogP contribution in [-0.2, 0) is 10.8 Å². The number of oxazole rings is 1. The van der Waals surface area contributed by atoms with E-state index in [-0.39, 0.29) is 16.6 Å². The molecule has 0 aliphatic carbocycles. The minimum absolute atomic E-state index is 0.0791. The summed E-state index contributed by atoms with van der Waals surface area (Å²) in [5.41, 5.74) is 10.8. The van der Waals surface area contributed by atoms with E-state index in [0.717, 1.165) is 44.2 Å². The second-order valence-electron chi connectivity index (χ2n) is 13.0. The molecule has 0 radical (unpaired) electrons. The van der Waals surface area contributed by atoms with E-state index in [1.54, 1.807) is 12.1 Å². The van der Waals surface area contributed by atoms with Gasteiger partial charge in [0.1, 0.15) is 11.3 Å². The number of rotatable bonds is 3. The van der Waals surface area contributed by atoms with Gasteiger partial charge in [0.2, 0.25) is 5.89 Å². The first-order valence-electron chi connectivity index (χ1n) is 14.1. The van der Waals surface area contributed by atoms with Gasteiger partial charge >= 0.3 is 0 Å². The smallest absolute Gasteiger partial charge is 0.231 e. The van der Waals surface area contributed by atoms with Gasteiger partial charge in [-0.3, -0.25) is 4.98 Å². The van der Waals surface area contributed by atoms with Gasteiger partial charge in [0.25, 0.3) is 0 Å². The summed E-state index contributed by atoms with van der Waals surface area (Å²) < 4.78 is 6.34. The topological polar surface area (TPSA) is 59.2 Å². The van der Waals surface area contributed by atoms with Crippen LogP contribution in [0.2, 0.25) is 0 Å². The lowest BCUT2D eigenvalue weighted by atomic mass is 9.81. The highest BCUT2D eigenvalue weighted by Gasteiger charge is 2.24. The zero-order valence-electron chi connectivity index (χ0n) is 24.8. The molecule has 0 spiro atoms. The quantitative estimate of drug-likeness (QED) is 0.243. The Morgan fingerprint density at radius 1 is 0.659 bits per heavy atom. The summed E-state index contributed by atoms with van der Waals surface area (Å²) in [6.07, 6.45) is 1.89. The van der Waals surface area contributed by atoms with Gasteiger partial charge in [-0.25, -0.2) is 4.98 Å². The zero-order valence-corrected chi connectivity index (χ0v) is 24.8. The van der Waals surface area contributed by atoms with Crippen molar-refractivity contribution in [3.63, 3.8) is 0 Å². The molecule has 6 rings (SSSR count). The number of pyridine rings is 1. The molecule has 0 unspecified atom stereocenters. The van der Waals surface area contributed by atoms with Crippen LogP contribution in [0.3, 0.4) is 0 Å². The summed E-state index contributed by atoms with van der Waals surface area (Å²) in [6.45, 7) is 15.5. The van der Waals surface area contributed by atoms with E-state index in [9.17, 15) is 5.11 Å². The first-order valence-corrected chi connectivity index (χ1v) is 14.1. The Morgan fingerprint density at radius 2 is 1.32 bits per heavy atom. The van der Waals surface area contributed by atoms with Gasteiger partial charge in [-0.15, -0.1) is 0 Å². The van der Waals surface area contributed by atoms with E-state index in [4.69, 9.17) is 14.4 Å². The molecule has 0 saturated carbocycles. The Labute approximate surface area is 241 Å². The summed E-state index contributed by atoms with van der Waals surface area (Å²) in [5.74, 6) is 0.554. The normalized spacial score (nSPS) is 12.4. The van der Waals surface area contributed by atoms with Gasteiger partial charge in [-0.2, -0.15) is 0 Å². The SMILES string of the molecule is Cc1ccnc2c(-c3cc(-c4cc(C(C)(C)C)cc5oc(-c6ccccc6O)nc45)cc(C(C)(C)C)c3)cccc12. The molecular formula is C37H36N2O2. The zero-order chi connectivity index (χ0) is 29.1. The van der Waals surface area contributed by atoms with E-state index in [1.807, 2.05) is 18.3 Å². The lowest BCUT2D eigenvalue weighted by molar-refractivity contribution is 0.474. The third-order valence-electron chi connectivity index (χ3n) is 7.91. The molecule has 0 amide bonds. The molecule has 1 N–H and O–H groups in total. The summed E-state index contributed by atoms with van der Waals surface area (Å²) >= 11 is 0. The van der Waals surface area contributed by atoms with Crippen molar-refractivity contribution in [1.29, 1.82) is 0 Å². The minimum atomic E-state index is -0.105. The van der Waals surface area contributed by atoms with Crippen molar-refractivity contribution < 1.29 is 9.52 Å². The van der Waals surface area contributed by atoms with Crippen LogP contribution in [0.15, 0.2) is 89.5 Å². The van der Waals surface area contributed by atoms with Crippen LogP contribution in [0.25, 0.3) is 55.7 Å². The number of aromatic nitrogens is 2. The average molecular weight is 541 g/mol. The molecule has 4 heteroatoms. The number of hydrogen-bond donors (Lipinski definition) is 1. The number of benzene rings is 4. The lowest BCUT2D eigenvalue weighted by Crippen LogP contribution is -2.12. The number of para-hydroxylation sites is 2. The Bertz CT molecular complexity index is 1930. The molecule has 2 heterocycles. The number of aromatic hydroxyl groups is 1. The Balaban J connectivity index is 1.66. The summed E-state index contributed by atoms with van der Waals surface area (Å²) in [6, 6.07) is 26.8. The molecule has 0 saturated heterocycles. The monoisotopic (exact) mass is 540 g/mol. The van der Waals surface area contributed by atoms with Crippen LogP contribution in [0.5, 0.6) is 5.75 Å².